The van der Waals surface area contributed by atoms with Crippen molar-refractivity contribution in [3.63, 3.8) is 0 Å². The lowest BCUT2D eigenvalue weighted by Crippen LogP contribution is -2.10. The summed E-state index contributed by atoms with van der Waals surface area (Å²) in [5.41, 5.74) is 2.87. The highest BCUT2D eigenvalue weighted by Gasteiger charge is 2.16. The molecule has 4 aromatic heterocycles. The number of aromatic amines is 1. The van der Waals surface area contributed by atoms with Gasteiger partial charge in [0.05, 0.1) is 26.8 Å². The highest BCUT2D eigenvalue weighted by atomic mass is 32.1. The number of pyridine rings is 1. The van der Waals surface area contributed by atoms with E-state index in [1.54, 1.807) is 29.3 Å². The number of nitrogens with one attached hydrogen (secondary N) is 2. The number of carbonyl (C=O) groups excluding carboxylic acids is 1. The van der Waals surface area contributed by atoms with Crippen molar-refractivity contribution < 1.29 is 4.79 Å². The lowest BCUT2D eigenvalue weighted by Gasteiger charge is -2.03. The number of aryl methyl sites for hydroxylation is 1. The van der Waals surface area contributed by atoms with Gasteiger partial charge in [-0.05, 0) is 30.3 Å². The summed E-state index contributed by atoms with van der Waals surface area (Å²) in [5, 5.41) is 14.2. The number of carbonyl (C=O) groups is 1. The molecule has 0 radical (unpaired) electrons. The Morgan fingerprint density at radius 2 is 2.12 bits per heavy atom. The van der Waals surface area contributed by atoms with Gasteiger partial charge in [0, 0.05) is 25.6 Å². The fraction of sp³-hybridized carbons (Fsp3) is 0.0588. The predicted octanol–water partition coefficient (Wildman–Crippen LogP) is 3.19. The summed E-state index contributed by atoms with van der Waals surface area (Å²) in [5.74, 6) is -0.180. The smallest absolute Gasteiger partial charge is 0.265 e. The molecule has 2 N–H and O–H groups in total. The molecule has 0 aromatic carbocycles. The number of amides is 1. The second-order valence-corrected chi connectivity index (χ2v) is 6.45. The second kappa shape index (κ2) is 6.33. The van der Waals surface area contributed by atoms with Gasteiger partial charge < -0.3 is 5.32 Å². The van der Waals surface area contributed by atoms with Gasteiger partial charge in [-0.15, -0.1) is 11.3 Å². The van der Waals surface area contributed by atoms with Gasteiger partial charge in [0.1, 0.15) is 5.69 Å². The lowest BCUT2D eigenvalue weighted by molar-refractivity contribution is 0.103. The van der Waals surface area contributed by atoms with E-state index < -0.39 is 0 Å². The maximum Gasteiger partial charge on any atom is 0.265 e. The third-order valence-corrected chi connectivity index (χ3v) is 4.70. The van der Waals surface area contributed by atoms with Gasteiger partial charge in [0.15, 0.2) is 0 Å². The van der Waals surface area contributed by atoms with Gasteiger partial charge >= 0.3 is 0 Å². The summed E-state index contributed by atoms with van der Waals surface area (Å²) in [6.45, 7) is 0. The van der Waals surface area contributed by atoms with Crippen LogP contribution in [0.1, 0.15) is 9.67 Å². The van der Waals surface area contributed by atoms with E-state index in [1.165, 1.54) is 11.3 Å². The van der Waals surface area contributed by atoms with Crippen LogP contribution in [0.15, 0.2) is 55.0 Å². The van der Waals surface area contributed by atoms with Gasteiger partial charge in [-0.2, -0.15) is 10.2 Å². The van der Waals surface area contributed by atoms with Crippen molar-refractivity contribution in [1.82, 2.24) is 25.0 Å². The Labute approximate surface area is 147 Å². The molecular formula is C17H14N6OS. The number of hydrogen-bond donors (Lipinski definition) is 2. The van der Waals surface area contributed by atoms with Gasteiger partial charge in [0.2, 0.25) is 0 Å². The molecule has 4 rings (SSSR count). The summed E-state index contributed by atoms with van der Waals surface area (Å²) >= 11 is 1.40. The summed E-state index contributed by atoms with van der Waals surface area (Å²) in [6, 6.07) is 11.2. The minimum atomic E-state index is -0.180. The predicted molar refractivity (Wildman–Crippen MR) is 96.3 cm³/mol. The molecule has 8 heteroatoms. The molecule has 25 heavy (non-hydrogen) atoms. The molecule has 0 saturated carbocycles. The molecular weight excluding hydrogens is 336 g/mol. The first kappa shape index (κ1) is 15.3. The number of thiophene rings is 1. The van der Waals surface area contributed by atoms with Crippen LogP contribution in [-0.2, 0) is 7.05 Å². The minimum absolute atomic E-state index is 0.180. The highest BCUT2D eigenvalue weighted by Crippen LogP contribution is 2.29. The first-order valence-electron chi connectivity index (χ1n) is 7.57. The van der Waals surface area contributed by atoms with Crippen LogP contribution >= 0.6 is 11.3 Å². The fourth-order valence-corrected chi connectivity index (χ4v) is 3.33. The molecule has 0 aliphatic carbocycles. The molecule has 0 fully saturated rings. The first-order valence-corrected chi connectivity index (χ1v) is 8.38. The van der Waals surface area contributed by atoms with Crippen LogP contribution < -0.4 is 5.32 Å². The van der Waals surface area contributed by atoms with Crippen molar-refractivity contribution in [2.75, 3.05) is 5.32 Å². The number of H-pyrrole nitrogens is 1. The Morgan fingerprint density at radius 3 is 2.88 bits per heavy atom. The van der Waals surface area contributed by atoms with Crippen LogP contribution in [0.4, 0.5) is 5.69 Å². The summed E-state index contributed by atoms with van der Waals surface area (Å²) < 4.78 is 1.66. The zero-order valence-electron chi connectivity index (χ0n) is 13.3. The Kier molecular flexibility index (Phi) is 3.87. The van der Waals surface area contributed by atoms with E-state index in [9.17, 15) is 4.79 Å². The third kappa shape index (κ3) is 3.07. The summed E-state index contributed by atoms with van der Waals surface area (Å²) in [6.07, 6.45) is 5.15. The molecule has 0 unspecified atom stereocenters. The minimum Gasteiger partial charge on any atom is -0.318 e. The van der Waals surface area contributed by atoms with Gasteiger partial charge in [-0.25, -0.2) is 0 Å². The Morgan fingerprint density at radius 1 is 1.20 bits per heavy atom. The maximum atomic E-state index is 12.6. The van der Waals surface area contributed by atoms with Crippen molar-refractivity contribution >= 4 is 22.9 Å². The Bertz CT molecular complexity index is 1000. The van der Waals surface area contributed by atoms with Gasteiger partial charge in [-0.3, -0.25) is 19.6 Å². The number of rotatable bonds is 4. The molecule has 0 aliphatic rings. The molecule has 7 nitrogen and oxygen atoms in total. The Balaban J connectivity index is 1.60. The molecule has 124 valence electrons. The molecule has 0 spiro atoms. The molecule has 0 bridgehead atoms. The molecule has 0 aliphatic heterocycles. The molecule has 0 atom stereocenters. The molecule has 0 saturated heterocycles. The van der Waals surface area contributed by atoms with E-state index in [0.717, 1.165) is 10.6 Å². The topological polar surface area (TPSA) is 88.5 Å². The highest BCUT2D eigenvalue weighted by molar-refractivity contribution is 7.17. The normalized spacial score (nSPS) is 10.8. The third-order valence-electron chi connectivity index (χ3n) is 3.58. The summed E-state index contributed by atoms with van der Waals surface area (Å²) in [4.78, 5) is 18.5. The lowest BCUT2D eigenvalue weighted by atomic mass is 10.2. The maximum absolute atomic E-state index is 12.6. The van der Waals surface area contributed by atoms with Crippen LogP contribution in [0.3, 0.4) is 0 Å². The monoisotopic (exact) mass is 350 g/mol. The number of nitrogens with zero attached hydrogens (tertiary/aromatic N) is 4. The zero-order chi connectivity index (χ0) is 17.2. The number of hydrogen-bond acceptors (Lipinski definition) is 5. The number of aromatic nitrogens is 5. The molecule has 4 aromatic rings. The van der Waals surface area contributed by atoms with E-state index in [4.69, 9.17) is 0 Å². The van der Waals surface area contributed by atoms with E-state index in [-0.39, 0.29) is 5.91 Å². The zero-order valence-corrected chi connectivity index (χ0v) is 14.1. The van der Waals surface area contributed by atoms with Crippen LogP contribution in [0, 0.1) is 0 Å². The molecule has 4 heterocycles. The molecule has 1 amide bonds. The van der Waals surface area contributed by atoms with Gasteiger partial charge in [-0.1, -0.05) is 6.07 Å². The quantitative estimate of drug-likeness (QED) is 0.592. The van der Waals surface area contributed by atoms with Gasteiger partial charge in [0.25, 0.3) is 5.91 Å². The van der Waals surface area contributed by atoms with Crippen LogP contribution in [0.2, 0.25) is 0 Å². The summed E-state index contributed by atoms with van der Waals surface area (Å²) in [7, 11) is 1.81. The second-order valence-electron chi connectivity index (χ2n) is 5.37. The van der Waals surface area contributed by atoms with E-state index in [0.29, 0.717) is 22.0 Å². The van der Waals surface area contributed by atoms with Crippen LogP contribution in [0.5, 0.6) is 0 Å². The van der Waals surface area contributed by atoms with Crippen molar-refractivity contribution in [2.24, 2.45) is 7.05 Å². The average Bonchev–Trinajstić information content (AvgIpc) is 3.36. The van der Waals surface area contributed by atoms with Crippen LogP contribution in [-0.4, -0.2) is 30.9 Å². The number of anilines is 1. The fourth-order valence-electron chi connectivity index (χ4n) is 2.45. The van der Waals surface area contributed by atoms with Crippen molar-refractivity contribution in [1.29, 1.82) is 0 Å². The van der Waals surface area contributed by atoms with E-state index in [1.807, 2.05) is 37.4 Å². The van der Waals surface area contributed by atoms with E-state index >= 15 is 0 Å². The standard InChI is InChI=1S/C17H14N6OS/c1-23-10-13(16(22-23)12-4-2-3-8-18-12)20-17(24)15-6-5-14(25-15)11-7-9-19-21-11/h2-10H,1H3,(H,19,21)(H,20,24). The SMILES string of the molecule is Cn1cc(NC(=O)c2ccc(-c3ccn[nH]3)s2)c(-c2ccccn2)n1. The average molecular weight is 350 g/mol. The van der Waals surface area contributed by atoms with E-state index in [2.05, 4.69) is 25.6 Å². The Hall–Kier alpha value is -3.26. The van der Waals surface area contributed by atoms with Crippen molar-refractivity contribution in [2.45, 2.75) is 0 Å². The van der Waals surface area contributed by atoms with Crippen molar-refractivity contribution in [3.8, 4) is 22.0 Å². The largest absolute Gasteiger partial charge is 0.318 e. The van der Waals surface area contributed by atoms with Crippen molar-refractivity contribution in [3.05, 3.63) is 59.9 Å². The first-order chi connectivity index (χ1) is 12.2. The van der Waals surface area contributed by atoms with Crippen LogP contribution in [0.25, 0.3) is 22.0 Å².